The number of amides is 1. The van der Waals surface area contributed by atoms with Gasteiger partial charge in [-0.2, -0.15) is 5.26 Å². The molecular formula is C17H12FN3O. The summed E-state index contributed by atoms with van der Waals surface area (Å²) in [5, 5.41) is 12.3. The molecule has 0 saturated carbocycles. The van der Waals surface area contributed by atoms with Crippen LogP contribution in [0.25, 0.3) is 10.9 Å². The van der Waals surface area contributed by atoms with Crippen LogP contribution >= 0.6 is 0 Å². The van der Waals surface area contributed by atoms with Gasteiger partial charge in [0.2, 0.25) is 0 Å². The molecule has 22 heavy (non-hydrogen) atoms. The van der Waals surface area contributed by atoms with E-state index in [1.165, 1.54) is 12.1 Å². The summed E-state index contributed by atoms with van der Waals surface area (Å²) in [6, 6.07) is 13.0. The molecule has 1 aromatic heterocycles. The Morgan fingerprint density at radius 1 is 1.23 bits per heavy atom. The summed E-state index contributed by atoms with van der Waals surface area (Å²) in [6.07, 6.45) is 0. The second kappa shape index (κ2) is 5.34. The minimum atomic E-state index is -0.354. The zero-order valence-corrected chi connectivity index (χ0v) is 11.8. The molecule has 0 bridgehead atoms. The number of carbonyl (C=O) groups excluding carboxylic acids is 1. The number of aryl methyl sites for hydroxylation is 1. The number of halogens is 1. The van der Waals surface area contributed by atoms with E-state index in [0.29, 0.717) is 22.5 Å². The van der Waals surface area contributed by atoms with E-state index in [2.05, 4.69) is 10.3 Å². The molecule has 3 aromatic rings. The van der Waals surface area contributed by atoms with Gasteiger partial charge in [0, 0.05) is 16.6 Å². The van der Waals surface area contributed by atoms with Gasteiger partial charge in [-0.1, -0.05) is 0 Å². The van der Waals surface area contributed by atoms with Gasteiger partial charge in [-0.25, -0.2) is 4.39 Å². The van der Waals surface area contributed by atoms with E-state index in [9.17, 15) is 9.18 Å². The molecule has 3 rings (SSSR count). The maximum absolute atomic E-state index is 13.3. The first-order valence-corrected chi connectivity index (χ1v) is 6.68. The average Bonchev–Trinajstić information content (AvgIpc) is 2.84. The number of aromatic nitrogens is 1. The highest BCUT2D eigenvalue weighted by Crippen LogP contribution is 2.23. The van der Waals surface area contributed by atoms with Crippen molar-refractivity contribution >= 4 is 22.5 Å². The highest BCUT2D eigenvalue weighted by Gasteiger charge is 2.15. The third kappa shape index (κ3) is 2.42. The minimum absolute atomic E-state index is 0.307. The maximum Gasteiger partial charge on any atom is 0.272 e. The number of fused-ring (bicyclic) bond motifs is 1. The van der Waals surface area contributed by atoms with E-state index >= 15 is 0 Å². The number of hydrogen-bond acceptors (Lipinski definition) is 2. The number of H-pyrrole nitrogens is 1. The first kappa shape index (κ1) is 13.8. The Kier molecular flexibility index (Phi) is 3.36. The average molecular weight is 293 g/mol. The minimum Gasteiger partial charge on any atom is -0.350 e. The molecule has 1 heterocycles. The van der Waals surface area contributed by atoms with Gasteiger partial charge in [0.1, 0.15) is 11.5 Å². The van der Waals surface area contributed by atoms with Gasteiger partial charge in [-0.15, -0.1) is 0 Å². The summed E-state index contributed by atoms with van der Waals surface area (Å²) in [6.45, 7) is 1.81. The lowest BCUT2D eigenvalue weighted by molar-refractivity contribution is 0.102. The maximum atomic E-state index is 13.3. The first-order valence-electron chi connectivity index (χ1n) is 6.68. The Morgan fingerprint density at radius 3 is 2.64 bits per heavy atom. The quantitative estimate of drug-likeness (QED) is 0.755. The molecule has 0 aliphatic carbocycles. The largest absolute Gasteiger partial charge is 0.350 e. The van der Waals surface area contributed by atoms with Crippen LogP contribution in [0.4, 0.5) is 10.1 Å². The van der Waals surface area contributed by atoms with Gasteiger partial charge in [0.15, 0.2) is 0 Å². The van der Waals surface area contributed by atoms with Gasteiger partial charge in [0.05, 0.1) is 11.6 Å². The highest BCUT2D eigenvalue weighted by molar-refractivity contribution is 6.07. The second-order valence-electron chi connectivity index (χ2n) is 4.96. The van der Waals surface area contributed by atoms with Gasteiger partial charge >= 0.3 is 0 Å². The summed E-state index contributed by atoms with van der Waals surface area (Å²) in [5.74, 6) is -0.661. The van der Waals surface area contributed by atoms with Crippen LogP contribution < -0.4 is 5.32 Å². The Bertz CT molecular complexity index is 904. The second-order valence-corrected chi connectivity index (χ2v) is 4.96. The molecule has 2 aromatic carbocycles. The number of benzene rings is 2. The van der Waals surface area contributed by atoms with Crippen LogP contribution in [0.5, 0.6) is 0 Å². The van der Waals surface area contributed by atoms with Crippen molar-refractivity contribution in [3.63, 3.8) is 0 Å². The van der Waals surface area contributed by atoms with Crippen LogP contribution in [0.3, 0.4) is 0 Å². The van der Waals surface area contributed by atoms with Gasteiger partial charge in [-0.05, 0) is 55.0 Å². The monoisotopic (exact) mass is 293 g/mol. The van der Waals surface area contributed by atoms with Crippen molar-refractivity contribution < 1.29 is 9.18 Å². The molecule has 0 spiro atoms. The molecule has 5 heteroatoms. The number of hydrogen-bond donors (Lipinski definition) is 2. The number of nitrogens with one attached hydrogen (secondary N) is 2. The lowest BCUT2D eigenvalue weighted by Gasteiger charge is -2.04. The molecule has 4 nitrogen and oxygen atoms in total. The number of anilines is 1. The molecule has 0 aliphatic rings. The van der Waals surface area contributed by atoms with Gasteiger partial charge < -0.3 is 10.3 Å². The van der Waals surface area contributed by atoms with Crippen molar-refractivity contribution in [1.29, 1.82) is 5.26 Å². The van der Waals surface area contributed by atoms with E-state index in [1.54, 1.807) is 30.3 Å². The number of aromatic amines is 1. The van der Waals surface area contributed by atoms with Gasteiger partial charge in [-0.3, -0.25) is 4.79 Å². The van der Waals surface area contributed by atoms with Gasteiger partial charge in [0.25, 0.3) is 5.91 Å². The lowest BCUT2D eigenvalue weighted by atomic mass is 10.1. The molecule has 0 atom stereocenters. The molecule has 0 unspecified atom stereocenters. The zero-order valence-electron chi connectivity index (χ0n) is 11.8. The molecule has 0 fully saturated rings. The number of nitriles is 1. The predicted molar refractivity (Wildman–Crippen MR) is 82.1 cm³/mol. The molecule has 1 amide bonds. The summed E-state index contributed by atoms with van der Waals surface area (Å²) < 4.78 is 13.3. The SMILES string of the molecule is Cc1c(C(=O)Nc2ccc(C#N)cc2)[nH]c2cc(F)ccc12. The molecule has 0 radical (unpaired) electrons. The third-order valence-electron chi connectivity index (χ3n) is 3.52. The fourth-order valence-corrected chi connectivity index (χ4v) is 2.36. The Balaban J connectivity index is 1.91. The third-order valence-corrected chi connectivity index (χ3v) is 3.52. The van der Waals surface area contributed by atoms with Crippen molar-refractivity contribution in [2.45, 2.75) is 6.92 Å². The van der Waals surface area contributed by atoms with E-state index < -0.39 is 0 Å². The van der Waals surface area contributed by atoms with Crippen molar-refractivity contribution in [2.24, 2.45) is 0 Å². The van der Waals surface area contributed by atoms with Crippen LogP contribution in [0.1, 0.15) is 21.6 Å². The van der Waals surface area contributed by atoms with E-state index in [-0.39, 0.29) is 11.7 Å². The number of rotatable bonds is 2. The van der Waals surface area contributed by atoms with E-state index in [4.69, 9.17) is 5.26 Å². The summed E-state index contributed by atoms with van der Waals surface area (Å²) in [4.78, 5) is 15.3. The number of carbonyl (C=O) groups is 1. The van der Waals surface area contributed by atoms with Crippen LogP contribution in [0.15, 0.2) is 42.5 Å². The zero-order chi connectivity index (χ0) is 15.7. The lowest BCUT2D eigenvalue weighted by Crippen LogP contribution is -2.13. The van der Waals surface area contributed by atoms with E-state index in [0.717, 1.165) is 10.9 Å². The van der Waals surface area contributed by atoms with Crippen LogP contribution in [-0.4, -0.2) is 10.9 Å². The Morgan fingerprint density at radius 2 is 1.95 bits per heavy atom. The van der Waals surface area contributed by atoms with Crippen LogP contribution in [0.2, 0.25) is 0 Å². The van der Waals surface area contributed by atoms with Crippen molar-refractivity contribution in [2.75, 3.05) is 5.32 Å². The topological polar surface area (TPSA) is 68.7 Å². The molecule has 0 saturated heterocycles. The predicted octanol–water partition coefficient (Wildman–Crippen LogP) is 3.74. The molecule has 2 N–H and O–H groups in total. The fraction of sp³-hybridized carbons (Fsp3) is 0.0588. The van der Waals surface area contributed by atoms with Crippen LogP contribution in [-0.2, 0) is 0 Å². The van der Waals surface area contributed by atoms with Crippen molar-refractivity contribution in [3.8, 4) is 6.07 Å². The molecular weight excluding hydrogens is 281 g/mol. The standard InChI is InChI=1S/C17H12FN3O/c1-10-14-7-4-12(18)8-15(14)21-16(10)17(22)20-13-5-2-11(9-19)3-6-13/h2-8,21H,1H3,(H,20,22). The molecule has 0 aliphatic heterocycles. The van der Waals surface area contributed by atoms with Crippen molar-refractivity contribution in [1.82, 2.24) is 4.98 Å². The normalized spacial score (nSPS) is 10.4. The summed E-state index contributed by atoms with van der Waals surface area (Å²) >= 11 is 0. The smallest absolute Gasteiger partial charge is 0.272 e. The van der Waals surface area contributed by atoms with Crippen molar-refractivity contribution in [3.05, 3.63) is 65.1 Å². The first-order chi connectivity index (χ1) is 10.6. The summed E-state index contributed by atoms with van der Waals surface area (Å²) in [5.41, 5.74) is 2.86. The highest BCUT2D eigenvalue weighted by atomic mass is 19.1. The molecule has 108 valence electrons. The fourth-order valence-electron chi connectivity index (χ4n) is 2.36. The Labute approximate surface area is 126 Å². The van der Waals surface area contributed by atoms with E-state index in [1.807, 2.05) is 13.0 Å². The number of nitrogens with zero attached hydrogens (tertiary/aromatic N) is 1. The summed E-state index contributed by atoms with van der Waals surface area (Å²) in [7, 11) is 0. The Hall–Kier alpha value is -3.13. The van der Waals surface area contributed by atoms with Crippen LogP contribution in [0, 0.1) is 24.1 Å².